The first kappa shape index (κ1) is 10.8. The maximum Gasteiger partial charge on any atom is 0.153 e. The van der Waals surface area contributed by atoms with E-state index in [1.165, 1.54) is 11.2 Å². The molecule has 0 unspecified atom stereocenters. The van der Waals surface area contributed by atoms with E-state index in [4.69, 9.17) is 0 Å². The summed E-state index contributed by atoms with van der Waals surface area (Å²) in [5, 5.41) is 0. The van der Waals surface area contributed by atoms with Crippen molar-refractivity contribution in [3.63, 3.8) is 0 Å². The summed E-state index contributed by atoms with van der Waals surface area (Å²) >= 11 is 0. The van der Waals surface area contributed by atoms with Gasteiger partial charge in [0, 0.05) is 18.1 Å². The van der Waals surface area contributed by atoms with Crippen molar-refractivity contribution < 1.29 is 0 Å². The maximum absolute atomic E-state index is 4.32. The van der Waals surface area contributed by atoms with Gasteiger partial charge in [0.25, 0.3) is 0 Å². The Morgan fingerprint density at radius 2 is 2.07 bits per heavy atom. The first-order chi connectivity index (χ1) is 6.83. The molecule has 1 radical (unpaired) electrons. The summed E-state index contributed by atoms with van der Waals surface area (Å²) < 4.78 is 2.09. The van der Waals surface area contributed by atoms with Gasteiger partial charge in [-0.15, -0.1) is 0 Å². The van der Waals surface area contributed by atoms with Gasteiger partial charge in [-0.2, -0.15) is 0 Å². The second kappa shape index (κ2) is 4.84. The molecule has 2 aromatic rings. The topological polar surface area (TPSA) is 17.3 Å². The molecule has 0 aliphatic heterocycles. The Labute approximate surface area is 86.2 Å². The number of hydrogen-bond donors (Lipinski definition) is 0. The molecule has 2 aromatic heterocycles. The number of imidazole rings is 1. The third-order valence-electron chi connectivity index (χ3n) is 2.06. The van der Waals surface area contributed by atoms with E-state index in [-0.39, 0.29) is 0 Å². The van der Waals surface area contributed by atoms with E-state index in [2.05, 4.69) is 29.7 Å². The van der Waals surface area contributed by atoms with Crippen LogP contribution in [-0.2, 0) is 0 Å². The molecule has 0 N–H and O–H groups in total. The second-order valence-electron chi connectivity index (χ2n) is 2.85. The van der Waals surface area contributed by atoms with Gasteiger partial charge in [0.2, 0.25) is 0 Å². The quantitative estimate of drug-likeness (QED) is 0.624. The lowest BCUT2D eigenvalue weighted by molar-refractivity contribution is 1.12. The van der Waals surface area contributed by atoms with E-state index in [0.717, 1.165) is 5.65 Å². The monoisotopic (exact) mass is 187 g/mol. The molecule has 14 heavy (non-hydrogen) atoms. The predicted molar refractivity (Wildman–Crippen MR) is 62.5 cm³/mol. The van der Waals surface area contributed by atoms with Gasteiger partial charge in [-0.25, -0.2) is 4.98 Å². The zero-order valence-electron chi connectivity index (χ0n) is 9.28. The molecule has 2 nitrogen and oxygen atoms in total. The summed E-state index contributed by atoms with van der Waals surface area (Å²) in [5.41, 5.74) is 3.40. The summed E-state index contributed by atoms with van der Waals surface area (Å²) in [6.45, 7) is 8.08. The molecule has 0 aromatic carbocycles. The van der Waals surface area contributed by atoms with Gasteiger partial charge in [-0.05, 0) is 18.5 Å². The minimum atomic E-state index is 1.04. The van der Waals surface area contributed by atoms with Gasteiger partial charge in [0.05, 0.1) is 0 Å². The van der Waals surface area contributed by atoms with Gasteiger partial charge in [0.1, 0.15) is 5.65 Å². The number of hydrogen-bond acceptors (Lipinski definition) is 1. The Balaban J connectivity index is 0.000000461. The van der Waals surface area contributed by atoms with Crippen molar-refractivity contribution in [2.45, 2.75) is 27.6 Å². The highest BCUT2D eigenvalue weighted by molar-refractivity contribution is 6.54. The van der Waals surface area contributed by atoms with Crippen LogP contribution in [-0.4, -0.2) is 16.7 Å². The zero-order valence-corrected chi connectivity index (χ0v) is 9.28. The van der Waals surface area contributed by atoms with Crippen LogP contribution in [0.2, 0.25) is 6.82 Å². The average Bonchev–Trinajstić information content (AvgIpc) is 2.64. The van der Waals surface area contributed by atoms with Crippen molar-refractivity contribution in [3.05, 3.63) is 30.2 Å². The van der Waals surface area contributed by atoms with E-state index >= 15 is 0 Å². The summed E-state index contributed by atoms with van der Waals surface area (Å²) in [5.74, 6) is 0. The highest BCUT2D eigenvalue weighted by Gasteiger charge is 2.01. The Morgan fingerprint density at radius 3 is 2.71 bits per heavy atom. The van der Waals surface area contributed by atoms with Crippen LogP contribution < -0.4 is 5.46 Å². The van der Waals surface area contributed by atoms with Crippen molar-refractivity contribution in [3.8, 4) is 0 Å². The maximum atomic E-state index is 4.32. The number of nitrogens with zero attached hydrogens (tertiary/aromatic N) is 2. The lowest BCUT2D eigenvalue weighted by atomic mass is 9.74. The summed E-state index contributed by atoms with van der Waals surface area (Å²) in [4.78, 5) is 4.32. The fraction of sp³-hybridized carbons (Fsp3) is 0.364. The third-order valence-corrected chi connectivity index (χ3v) is 2.06. The first-order valence-electron chi connectivity index (χ1n) is 5.05. The molecule has 0 aliphatic rings. The fourth-order valence-corrected chi connectivity index (χ4v) is 1.38. The molecule has 2 rings (SSSR count). The first-order valence-corrected chi connectivity index (χ1v) is 5.05. The molecular weight excluding hydrogens is 171 g/mol. The number of aryl methyl sites for hydroxylation is 1. The third kappa shape index (κ3) is 1.81. The van der Waals surface area contributed by atoms with Crippen LogP contribution in [0.1, 0.15) is 19.5 Å². The van der Waals surface area contributed by atoms with Crippen molar-refractivity contribution in [1.29, 1.82) is 0 Å². The summed E-state index contributed by atoms with van der Waals surface area (Å²) in [6.07, 6.45) is 3.92. The van der Waals surface area contributed by atoms with Gasteiger partial charge in [-0.1, -0.05) is 26.7 Å². The predicted octanol–water partition coefficient (Wildman–Crippen LogP) is 2.05. The SMILES string of the molecule is CC.C[B]c1cccn2c(C)cnc12. The van der Waals surface area contributed by atoms with E-state index in [1.807, 2.05) is 39.1 Å². The van der Waals surface area contributed by atoms with E-state index in [0.29, 0.717) is 0 Å². The Kier molecular flexibility index (Phi) is 3.75. The molecule has 0 atom stereocenters. The molecular formula is C11H16BN2. The smallest absolute Gasteiger partial charge is 0.153 e. The molecule has 0 spiro atoms. The van der Waals surface area contributed by atoms with Crippen LogP contribution in [0, 0.1) is 6.92 Å². The molecule has 0 saturated carbocycles. The van der Waals surface area contributed by atoms with Crippen LogP contribution in [0.3, 0.4) is 0 Å². The molecule has 0 saturated heterocycles. The zero-order chi connectivity index (χ0) is 10.6. The molecule has 3 heteroatoms. The highest BCUT2D eigenvalue weighted by atomic mass is 15.0. The van der Waals surface area contributed by atoms with Crippen molar-refractivity contribution >= 4 is 18.4 Å². The van der Waals surface area contributed by atoms with Crippen LogP contribution >= 0.6 is 0 Å². The minimum Gasteiger partial charge on any atom is -0.305 e. The minimum absolute atomic E-state index is 1.04. The molecule has 0 bridgehead atoms. The van der Waals surface area contributed by atoms with Gasteiger partial charge < -0.3 is 4.40 Å². The van der Waals surface area contributed by atoms with E-state index in [9.17, 15) is 0 Å². The van der Waals surface area contributed by atoms with Crippen molar-refractivity contribution in [1.82, 2.24) is 9.38 Å². The van der Waals surface area contributed by atoms with E-state index in [1.54, 1.807) is 0 Å². The van der Waals surface area contributed by atoms with Crippen LogP contribution in [0.15, 0.2) is 24.5 Å². The molecule has 0 fully saturated rings. The Bertz CT molecular complexity index is 407. The van der Waals surface area contributed by atoms with Crippen molar-refractivity contribution in [2.75, 3.05) is 0 Å². The molecule has 2 heterocycles. The van der Waals surface area contributed by atoms with Crippen LogP contribution in [0.25, 0.3) is 5.65 Å². The van der Waals surface area contributed by atoms with E-state index < -0.39 is 0 Å². The summed E-state index contributed by atoms with van der Waals surface area (Å²) in [6, 6.07) is 4.11. The lowest BCUT2D eigenvalue weighted by Gasteiger charge is -1.99. The van der Waals surface area contributed by atoms with Gasteiger partial charge in [0.15, 0.2) is 7.28 Å². The number of rotatable bonds is 1. The molecule has 0 aliphatic carbocycles. The highest BCUT2D eigenvalue weighted by Crippen LogP contribution is 2.01. The number of pyridine rings is 1. The largest absolute Gasteiger partial charge is 0.305 e. The van der Waals surface area contributed by atoms with Gasteiger partial charge in [-0.3, -0.25) is 0 Å². The summed E-state index contributed by atoms with van der Waals surface area (Å²) in [7, 11) is 2.07. The number of fused-ring (bicyclic) bond motifs is 1. The Hall–Kier alpha value is -1.25. The lowest BCUT2D eigenvalue weighted by Crippen LogP contribution is -2.14. The fourth-order valence-electron chi connectivity index (χ4n) is 1.38. The second-order valence-corrected chi connectivity index (χ2v) is 2.85. The van der Waals surface area contributed by atoms with Crippen LogP contribution in [0.4, 0.5) is 0 Å². The average molecular weight is 187 g/mol. The Morgan fingerprint density at radius 1 is 1.36 bits per heavy atom. The molecule has 0 amide bonds. The standard InChI is InChI=1S/C9H10BN2.C2H6/c1-7-6-11-9-8(10-2)4-3-5-12(7)9;1-2/h3-6H,1-2H3;1-2H3. The van der Waals surface area contributed by atoms with Gasteiger partial charge >= 0.3 is 0 Å². The van der Waals surface area contributed by atoms with Crippen molar-refractivity contribution in [2.24, 2.45) is 0 Å². The molecule has 73 valence electrons. The normalized spacial score (nSPS) is 9.43. The number of aromatic nitrogens is 2. The van der Waals surface area contributed by atoms with Crippen LogP contribution in [0.5, 0.6) is 0 Å².